The highest BCUT2D eigenvalue weighted by atomic mass is 16.7. The van der Waals surface area contributed by atoms with Crippen LogP contribution in [0.3, 0.4) is 0 Å². The molecule has 7 nitrogen and oxygen atoms in total. The summed E-state index contributed by atoms with van der Waals surface area (Å²) in [6.45, 7) is 2.31. The normalized spacial score (nSPS) is 16.1. The molecule has 0 fully saturated rings. The maximum absolute atomic E-state index is 5.73. The third-order valence-corrected chi connectivity index (χ3v) is 5.07. The second-order valence-electron chi connectivity index (χ2n) is 6.66. The Labute approximate surface area is 155 Å². The lowest BCUT2D eigenvalue weighted by Crippen LogP contribution is -2.15. The van der Waals surface area contributed by atoms with Gasteiger partial charge in [0, 0.05) is 23.7 Å². The summed E-state index contributed by atoms with van der Waals surface area (Å²) in [5, 5.41) is 8.37. The number of ether oxygens (including phenoxy) is 4. The highest BCUT2D eigenvalue weighted by Gasteiger charge is 2.26. The molecule has 6 rings (SSSR count). The summed E-state index contributed by atoms with van der Waals surface area (Å²) in [5.41, 5.74) is 4.14. The van der Waals surface area contributed by atoms with Crippen LogP contribution in [-0.4, -0.2) is 36.3 Å². The highest BCUT2D eigenvalue weighted by Crippen LogP contribution is 2.40. The molecule has 0 saturated heterocycles. The molecule has 0 unspecified atom stereocenters. The van der Waals surface area contributed by atoms with Gasteiger partial charge in [0.15, 0.2) is 23.0 Å². The van der Waals surface area contributed by atoms with Crippen LogP contribution in [0.5, 0.6) is 23.0 Å². The summed E-state index contributed by atoms with van der Waals surface area (Å²) in [5.74, 6) is 4.10. The van der Waals surface area contributed by atoms with E-state index in [1.54, 1.807) is 0 Å². The van der Waals surface area contributed by atoms with Gasteiger partial charge in [-0.05, 0) is 36.8 Å². The Morgan fingerprint density at radius 1 is 0.852 bits per heavy atom. The van der Waals surface area contributed by atoms with Crippen molar-refractivity contribution in [2.24, 2.45) is 0 Å². The lowest BCUT2D eigenvalue weighted by Gasteiger charge is -2.19. The minimum Gasteiger partial charge on any atom is -0.486 e. The summed E-state index contributed by atoms with van der Waals surface area (Å²) in [6.07, 6.45) is 0.934. The maximum atomic E-state index is 5.73. The van der Waals surface area contributed by atoms with E-state index in [1.807, 2.05) is 41.1 Å². The van der Waals surface area contributed by atoms with Gasteiger partial charge in [-0.3, -0.25) is 0 Å². The minimum absolute atomic E-state index is 0.268. The summed E-state index contributed by atoms with van der Waals surface area (Å²) in [4.78, 5) is 0. The van der Waals surface area contributed by atoms with Crippen LogP contribution in [0.25, 0.3) is 16.9 Å². The number of hydrogen-bond donors (Lipinski definition) is 1. The molecule has 0 amide bonds. The van der Waals surface area contributed by atoms with Gasteiger partial charge in [0.1, 0.15) is 19.0 Å². The van der Waals surface area contributed by atoms with Crippen molar-refractivity contribution >= 4 is 5.82 Å². The van der Waals surface area contributed by atoms with Gasteiger partial charge >= 0.3 is 0 Å². The van der Waals surface area contributed by atoms with E-state index in [0.717, 1.165) is 58.7 Å². The average Bonchev–Trinajstić information content (AvgIpc) is 3.43. The van der Waals surface area contributed by atoms with E-state index in [1.165, 1.54) is 5.56 Å². The monoisotopic (exact) mass is 363 g/mol. The largest absolute Gasteiger partial charge is 0.486 e. The van der Waals surface area contributed by atoms with Crippen LogP contribution in [0.2, 0.25) is 0 Å². The van der Waals surface area contributed by atoms with Crippen molar-refractivity contribution in [2.75, 3.05) is 31.9 Å². The van der Waals surface area contributed by atoms with Crippen LogP contribution in [0, 0.1) is 0 Å². The molecule has 0 atom stereocenters. The van der Waals surface area contributed by atoms with Crippen LogP contribution in [0.1, 0.15) is 5.56 Å². The second-order valence-corrected chi connectivity index (χ2v) is 6.66. The van der Waals surface area contributed by atoms with E-state index in [4.69, 9.17) is 24.0 Å². The number of hydrogen-bond acceptors (Lipinski definition) is 6. The molecule has 1 N–H and O–H groups in total. The first-order chi connectivity index (χ1) is 13.4. The summed E-state index contributed by atoms with van der Waals surface area (Å²) in [7, 11) is 0. The predicted molar refractivity (Wildman–Crippen MR) is 98.3 cm³/mol. The first-order valence-corrected chi connectivity index (χ1v) is 9.03. The molecule has 1 aromatic heterocycles. The van der Waals surface area contributed by atoms with Crippen molar-refractivity contribution in [3.8, 4) is 39.9 Å². The zero-order valence-electron chi connectivity index (χ0n) is 14.5. The average molecular weight is 363 g/mol. The van der Waals surface area contributed by atoms with Crippen LogP contribution in [0.15, 0.2) is 36.4 Å². The standard InChI is InChI=1S/C20H17N3O4/c1-3-16-17(27-11-26-16)9-12(1)19-14-5-6-21-20(14)23(22-19)13-2-4-15-18(10-13)25-8-7-24-15/h1-4,9-10,21H,5-8,11H2. The van der Waals surface area contributed by atoms with Gasteiger partial charge in [-0.1, -0.05) is 0 Å². The number of rotatable bonds is 2. The molecule has 0 bridgehead atoms. The van der Waals surface area contributed by atoms with Gasteiger partial charge < -0.3 is 24.3 Å². The van der Waals surface area contributed by atoms with Crippen LogP contribution >= 0.6 is 0 Å². The molecule has 7 heteroatoms. The Kier molecular flexibility index (Phi) is 3.05. The number of nitrogens with one attached hydrogen (secondary N) is 1. The lowest BCUT2D eigenvalue weighted by atomic mass is 10.1. The van der Waals surface area contributed by atoms with E-state index in [9.17, 15) is 0 Å². The van der Waals surface area contributed by atoms with Crippen LogP contribution in [0.4, 0.5) is 5.82 Å². The fourth-order valence-electron chi connectivity index (χ4n) is 3.80. The number of benzene rings is 2. The van der Waals surface area contributed by atoms with Gasteiger partial charge in [0.05, 0.1) is 11.4 Å². The summed E-state index contributed by atoms with van der Waals surface area (Å²) >= 11 is 0. The number of nitrogens with zero attached hydrogens (tertiary/aromatic N) is 2. The van der Waals surface area contributed by atoms with E-state index < -0.39 is 0 Å². The van der Waals surface area contributed by atoms with Crippen molar-refractivity contribution in [3.05, 3.63) is 42.0 Å². The highest BCUT2D eigenvalue weighted by molar-refractivity contribution is 5.74. The molecule has 27 heavy (non-hydrogen) atoms. The van der Waals surface area contributed by atoms with Crippen molar-refractivity contribution < 1.29 is 18.9 Å². The molecule has 0 radical (unpaired) electrons. The van der Waals surface area contributed by atoms with E-state index in [0.29, 0.717) is 13.2 Å². The molecule has 2 aromatic carbocycles. The quantitative estimate of drug-likeness (QED) is 0.755. The molecular weight excluding hydrogens is 346 g/mol. The molecular formula is C20H17N3O4. The molecule has 0 spiro atoms. The number of fused-ring (bicyclic) bond motifs is 3. The van der Waals surface area contributed by atoms with Crippen molar-refractivity contribution in [1.82, 2.24) is 9.78 Å². The second kappa shape index (κ2) is 5.57. The summed E-state index contributed by atoms with van der Waals surface area (Å²) in [6, 6.07) is 11.9. The van der Waals surface area contributed by atoms with Crippen LogP contribution < -0.4 is 24.3 Å². The van der Waals surface area contributed by atoms with E-state index in [2.05, 4.69) is 5.32 Å². The predicted octanol–water partition coefficient (Wildman–Crippen LogP) is 3.01. The van der Waals surface area contributed by atoms with Crippen molar-refractivity contribution in [1.29, 1.82) is 0 Å². The van der Waals surface area contributed by atoms with Gasteiger partial charge in [-0.25, -0.2) is 4.68 Å². The zero-order chi connectivity index (χ0) is 17.8. The molecule has 3 aliphatic heterocycles. The van der Waals surface area contributed by atoms with Gasteiger partial charge in [-0.2, -0.15) is 5.10 Å². The Hall–Kier alpha value is -3.35. The third-order valence-electron chi connectivity index (χ3n) is 5.07. The first-order valence-electron chi connectivity index (χ1n) is 9.03. The minimum atomic E-state index is 0.268. The molecule has 3 aliphatic rings. The van der Waals surface area contributed by atoms with Gasteiger partial charge in [0.2, 0.25) is 6.79 Å². The Morgan fingerprint density at radius 3 is 2.59 bits per heavy atom. The maximum Gasteiger partial charge on any atom is 0.231 e. The zero-order valence-corrected chi connectivity index (χ0v) is 14.5. The number of aromatic nitrogens is 2. The molecule has 136 valence electrons. The Balaban J connectivity index is 1.47. The topological polar surface area (TPSA) is 66.8 Å². The van der Waals surface area contributed by atoms with Crippen LogP contribution in [-0.2, 0) is 6.42 Å². The lowest BCUT2D eigenvalue weighted by molar-refractivity contribution is 0.171. The van der Waals surface area contributed by atoms with Gasteiger partial charge in [0.25, 0.3) is 0 Å². The number of anilines is 1. The smallest absolute Gasteiger partial charge is 0.231 e. The first kappa shape index (κ1) is 14.8. The Morgan fingerprint density at radius 2 is 1.63 bits per heavy atom. The van der Waals surface area contributed by atoms with E-state index >= 15 is 0 Å². The van der Waals surface area contributed by atoms with Crippen molar-refractivity contribution in [2.45, 2.75) is 6.42 Å². The fourth-order valence-corrected chi connectivity index (χ4v) is 3.80. The fraction of sp³-hybridized carbons (Fsp3) is 0.250. The Bertz CT molecular complexity index is 1060. The SMILES string of the molecule is c1cc2c(cc1-c1nn(-c3ccc4c(c3)OCCO4)c3c1CCN3)OCO2. The third kappa shape index (κ3) is 2.24. The van der Waals surface area contributed by atoms with Crippen molar-refractivity contribution in [3.63, 3.8) is 0 Å². The molecule has 4 heterocycles. The van der Waals surface area contributed by atoms with Gasteiger partial charge in [-0.15, -0.1) is 0 Å². The van der Waals surface area contributed by atoms with E-state index in [-0.39, 0.29) is 6.79 Å². The molecule has 0 saturated carbocycles. The molecule has 3 aromatic rings. The summed E-state index contributed by atoms with van der Waals surface area (Å²) < 4.78 is 24.3. The molecule has 0 aliphatic carbocycles.